The summed E-state index contributed by atoms with van der Waals surface area (Å²) in [5.74, 6) is 1.90. The van der Waals surface area contributed by atoms with Crippen LogP contribution in [0.3, 0.4) is 0 Å². The minimum absolute atomic E-state index is 0.0743. The lowest BCUT2D eigenvalue weighted by Crippen LogP contribution is -2.50. The van der Waals surface area contributed by atoms with Crippen molar-refractivity contribution in [1.29, 1.82) is 0 Å². The monoisotopic (exact) mass is 420 g/mol. The maximum absolute atomic E-state index is 12.7. The van der Waals surface area contributed by atoms with Crippen LogP contribution in [-0.2, 0) is 16.1 Å². The van der Waals surface area contributed by atoms with E-state index in [0.717, 1.165) is 48.4 Å². The Bertz CT molecular complexity index is 958. The number of para-hydroxylation sites is 2. The quantitative estimate of drug-likeness (QED) is 0.757. The van der Waals surface area contributed by atoms with E-state index in [1.54, 1.807) is 0 Å². The van der Waals surface area contributed by atoms with Crippen molar-refractivity contribution in [2.24, 2.45) is 0 Å². The zero-order valence-corrected chi connectivity index (χ0v) is 17.7. The molecule has 3 heterocycles. The molecule has 6 heteroatoms. The summed E-state index contributed by atoms with van der Waals surface area (Å²) in [5.41, 5.74) is 2.16. The average Bonchev–Trinajstić information content (AvgIpc) is 2.81. The molecule has 2 fully saturated rings. The van der Waals surface area contributed by atoms with Gasteiger partial charge in [-0.3, -0.25) is 9.59 Å². The van der Waals surface area contributed by atoms with Gasteiger partial charge in [0.2, 0.25) is 11.8 Å². The molecule has 162 valence electrons. The molecule has 3 aliphatic heterocycles. The van der Waals surface area contributed by atoms with Crippen LogP contribution in [0.5, 0.6) is 11.5 Å². The molecule has 0 spiro atoms. The first-order chi connectivity index (χ1) is 15.2. The van der Waals surface area contributed by atoms with E-state index in [0.29, 0.717) is 32.5 Å². The van der Waals surface area contributed by atoms with Crippen LogP contribution in [0.15, 0.2) is 48.5 Å². The summed E-state index contributed by atoms with van der Waals surface area (Å²) in [6.45, 7) is 2.59. The molecule has 0 radical (unpaired) electrons. The van der Waals surface area contributed by atoms with E-state index in [4.69, 9.17) is 9.47 Å². The minimum Gasteiger partial charge on any atom is -0.485 e. The summed E-state index contributed by atoms with van der Waals surface area (Å²) >= 11 is 0. The molecule has 31 heavy (non-hydrogen) atoms. The third-order valence-electron chi connectivity index (χ3n) is 6.53. The van der Waals surface area contributed by atoms with Crippen LogP contribution in [0.2, 0.25) is 0 Å². The molecule has 3 aliphatic rings. The zero-order chi connectivity index (χ0) is 21.2. The molecule has 2 aromatic carbocycles. The summed E-state index contributed by atoms with van der Waals surface area (Å²) in [5, 5.41) is 0. The van der Waals surface area contributed by atoms with Crippen molar-refractivity contribution >= 4 is 11.8 Å². The smallest absolute Gasteiger partial charge is 0.224 e. The molecule has 6 nitrogen and oxygen atoms in total. The van der Waals surface area contributed by atoms with Gasteiger partial charge in [0.1, 0.15) is 6.61 Å². The van der Waals surface area contributed by atoms with Crippen LogP contribution in [0.1, 0.15) is 49.3 Å². The van der Waals surface area contributed by atoms with E-state index in [9.17, 15) is 9.59 Å². The molecule has 2 amide bonds. The highest BCUT2D eigenvalue weighted by atomic mass is 16.6. The number of nitrogens with zero attached hydrogens (tertiary/aromatic N) is 2. The SMILES string of the molecule is O=C1CC(N2CCCCC2=O)CCN1Cc1ccc([C@H]2COc3ccccc3O2)cc1. The van der Waals surface area contributed by atoms with Crippen molar-refractivity contribution in [3.63, 3.8) is 0 Å². The van der Waals surface area contributed by atoms with Crippen molar-refractivity contribution < 1.29 is 19.1 Å². The molecule has 0 N–H and O–H groups in total. The lowest BCUT2D eigenvalue weighted by atomic mass is 9.98. The summed E-state index contributed by atoms with van der Waals surface area (Å²) in [6, 6.07) is 16.0. The predicted molar refractivity (Wildman–Crippen MR) is 116 cm³/mol. The summed E-state index contributed by atoms with van der Waals surface area (Å²) in [6.07, 6.45) is 3.82. The van der Waals surface area contributed by atoms with E-state index in [-0.39, 0.29) is 24.0 Å². The van der Waals surface area contributed by atoms with E-state index in [2.05, 4.69) is 24.3 Å². The van der Waals surface area contributed by atoms with Crippen LogP contribution >= 0.6 is 0 Å². The number of amides is 2. The Balaban J connectivity index is 1.18. The molecule has 2 aromatic rings. The highest BCUT2D eigenvalue weighted by Crippen LogP contribution is 2.36. The number of carbonyl (C=O) groups excluding carboxylic acids is 2. The Morgan fingerprint density at radius 1 is 0.903 bits per heavy atom. The Hall–Kier alpha value is -3.02. The van der Waals surface area contributed by atoms with Crippen molar-refractivity contribution in [2.45, 2.75) is 50.8 Å². The van der Waals surface area contributed by atoms with Gasteiger partial charge in [-0.25, -0.2) is 0 Å². The van der Waals surface area contributed by atoms with Crippen molar-refractivity contribution in [3.8, 4) is 11.5 Å². The van der Waals surface area contributed by atoms with Crippen LogP contribution in [-0.4, -0.2) is 47.4 Å². The second-order valence-electron chi connectivity index (χ2n) is 8.61. The number of benzene rings is 2. The van der Waals surface area contributed by atoms with Crippen LogP contribution in [0.4, 0.5) is 0 Å². The number of carbonyl (C=O) groups is 2. The standard InChI is InChI=1S/C25H28N2O4/c28-24-7-3-4-13-27(24)20-12-14-26(25(29)15-20)16-18-8-10-19(11-9-18)23-17-30-21-5-1-2-6-22(21)31-23/h1-2,5-6,8-11,20,23H,3-4,7,12-17H2/t20?,23-/m1/s1. The fourth-order valence-electron chi connectivity index (χ4n) is 4.75. The molecule has 5 rings (SSSR count). The fraction of sp³-hybridized carbons (Fsp3) is 0.440. The first kappa shape index (κ1) is 19.9. The molecule has 1 unspecified atom stereocenters. The Morgan fingerprint density at radius 2 is 1.71 bits per heavy atom. The van der Waals surface area contributed by atoms with Gasteiger partial charge in [-0.05, 0) is 42.5 Å². The molecule has 2 saturated heterocycles. The van der Waals surface area contributed by atoms with Crippen molar-refractivity contribution in [3.05, 3.63) is 59.7 Å². The minimum atomic E-state index is -0.136. The van der Waals surface area contributed by atoms with Gasteiger partial charge in [-0.2, -0.15) is 0 Å². The number of hydrogen-bond acceptors (Lipinski definition) is 4. The van der Waals surface area contributed by atoms with Crippen LogP contribution in [0.25, 0.3) is 0 Å². The van der Waals surface area contributed by atoms with E-state index in [1.165, 1.54) is 0 Å². The Morgan fingerprint density at radius 3 is 2.48 bits per heavy atom. The van der Waals surface area contributed by atoms with Gasteiger partial charge in [0.25, 0.3) is 0 Å². The second kappa shape index (κ2) is 8.61. The van der Waals surface area contributed by atoms with Gasteiger partial charge in [0.15, 0.2) is 17.6 Å². The Labute approximate surface area is 182 Å². The molecule has 2 atom stereocenters. The number of hydrogen-bond donors (Lipinski definition) is 0. The number of piperidine rings is 2. The summed E-state index contributed by atoms with van der Waals surface area (Å²) in [7, 11) is 0. The third kappa shape index (κ3) is 4.24. The van der Waals surface area contributed by atoms with Gasteiger partial charge < -0.3 is 19.3 Å². The second-order valence-corrected chi connectivity index (χ2v) is 8.61. The van der Waals surface area contributed by atoms with E-state index in [1.807, 2.05) is 34.1 Å². The summed E-state index contributed by atoms with van der Waals surface area (Å²) in [4.78, 5) is 28.8. The first-order valence-electron chi connectivity index (χ1n) is 11.2. The first-order valence-corrected chi connectivity index (χ1v) is 11.2. The maximum atomic E-state index is 12.7. The molecular formula is C25H28N2O4. The zero-order valence-electron chi connectivity index (χ0n) is 17.7. The Kier molecular flexibility index (Phi) is 5.53. The molecule has 0 aromatic heterocycles. The largest absolute Gasteiger partial charge is 0.485 e. The van der Waals surface area contributed by atoms with Gasteiger partial charge in [0.05, 0.1) is 0 Å². The number of likely N-dealkylation sites (tertiary alicyclic amines) is 2. The third-order valence-corrected chi connectivity index (χ3v) is 6.53. The van der Waals surface area contributed by atoms with Gasteiger partial charge in [-0.1, -0.05) is 36.4 Å². The van der Waals surface area contributed by atoms with Gasteiger partial charge >= 0.3 is 0 Å². The highest BCUT2D eigenvalue weighted by Gasteiger charge is 2.33. The lowest BCUT2D eigenvalue weighted by molar-refractivity contribution is -0.142. The van der Waals surface area contributed by atoms with E-state index >= 15 is 0 Å². The molecule has 0 saturated carbocycles. The maximum Gasteiger partial charge on any atom is 0.224 e. The summed E-state index contributed by atoms with van der Waals surface area (Å²) < 4.78 is 11.9. The van der Waals surface area contributed by atoms with Crippen molar-refractivity contribution in [2.75, 3.05) is 19.7 Å². The topological polar surface area (TPSA) is 59.1 Å². The van der Waals surface area contributed by atoms with Crippen LogP contribution < -0.4 is 9.47 Å². The number of rotatable bonds is 4. The number of ether oxygens (including phenoxy) is 2. The number of fused-ring (bicyclic) bond motifs is 1. The van der Waals surface area contributed by atoms with Gasteiger partial charge in [-0.15, -0.1) is 0 Å². The van der Waals surface area contributed by atoms with Gasteiger partial charge in [0, 0.05) is 38.5 Å². The van der Waals surface area contributed by atoms with E-state index < -0.39 is 0 Å². The molecule has 0 bridgehead atoms. The molecule has 0 aliphatic carbocycles. The van der Waals surface area contributed by atoms with Crippen LogP contribution in [0, 0.1) is 0 Å². The highest BCUT2D eigenvalue weighted by molar-refractivity contribution is 5.81. The average molecular weight is 421 g/mol. The lowest BCUT2D eigenvalue weighted by Gasteiger charge is -2.39. The fourth-order valence-corrected chi connectivity index (χ4v) is 4.75. The predicted octanol–water partition coefficient (Wildman–Crippen LogP) is 3.70. The van der Waals surface area contributed by atoms with Crippen molar-refractivity contribution in [1.82, 2.24) is 9.80 Å². The molecular weight excluding hydrogens is 392 g/mol. The normalized spacial score (nSPS) is 23.7.